The summed E-state index contributed by atoms with van der Waals surface area (Å²) in [7, 11) is 0. The lowest BCUT2D eigenvalue weighted by Gasteiger charge is -2.18. The van der Waals surface area contributed by atoms with Crippen molar-refractivity contribution in [3.63, 3.8) is 0 Å². The number of hydrogen-bond donors (Lipinski definition) is 1. The summed E-state index contributed by atoms with van der Waals surface area (Å²) in [4.78, 5) is 0. The van der Waals surface area contributed by atoms with E-state index in [2.05, 4.69) is 5.32 Å². The van der Waals surface area contributed by atoms with Gasteiger partial charge < -0.3 is 10.1 Å². The van der Waals surface area contributed by atoms with Crippen molar-refractivity contribution in [3.05, 3.63) is 29.6 Å². The van der Waals surface area contributed by atoms with E-state index in [1.54, 1.807) is 0 Å². The first-order valence-electron chi connectivity index (χ1n) is 5.63. The number of anilines is 1. The van der Waals surface area contributed by atoms with Crippen LogP contribution in [0.2, 0.25) is 0 Å². The van der Waals surface area contributed by atoms with Crippen LogP contribution in [-0.4, -0.2) is 18.8 Å². The minimum Gasteiger partial charge on any atom is -0.380 e. The summed E-state index contributed by atoms with van der Waals surface area (Å²) in [6.07, 6.45) is -4.02. The summed E-state index contributed by atoms with van der Waals surface area (Å²) >= 11 is 0. The Kier molecular flexibility index (Phi) is 3.47. The summed E-state index contributed by atoms with van der Waals surface area (Å²) < 4.78 is 56.0. The number of benzene rings is 1. The lowest BCUT2D eigenvalue weighted by atomic mass is 10.1. The van der Waals surface area contributed by atoms with Crippen molar-refractivity contribution < 1.29 is 22.3 Å². The van der Waals surface area contributed by atoms with Crippen LogP contribution in [0.1, 0.15) is 18.9 Å². The first-order chi connectivity index (χ1) is 8.38. The van der Waals surface area contributed by atoms with Crippen LogP contribution in [0.25, 0.3) is 0 Å². The van der Waals surface area contributed by atoms with Crippen molar-refractivity contribution >= 4 is 5.69 Å². The van der Waals surface area contributed by atoms with Crippen LogP contribution >= 0.6 is 0 Å². The van der Waals surface area contributed by atoms with E-state index in [1.165, 1.54) is 6.07 Å². The van der Waals surface area contributed by atoms with Crippen molar-refractivity contribution in [1.29, 1.82) is 0 Å². The molecule has 0 amide bonds. The van der Waals surface area contributed by atoms with Gasteiger partial charge in [-0.25, -0.2) is 4.39 Å². The summed E-state index contributed by atoms with van der Waals surface area (Å²) in [5.74, 6) is -1.26. The monoisotopic (exact) mass is 263 g/mol. The molecular weight excluding hydrogens is 250 g/mol. The molecule has 2 atom stereocenters. The van der Waals surface area contributed by atoms with Gasteiger partial charge in [0.2, 0.25) is 0 Å². The van der Waals surface area contributed by atoms with Gasteiger partial charge in [-0.2, -0.15) is 13.2 Å². The topological polar surface area (TPSA) is 21.3 Å². The third-order valence-electron chi connectivity index (χ3n) is 3.00. The van der Waals surface area contributed by atoms with E-state index in [-0.39, 0.29) is 17.8 Å². The molecule has 1 heterocycles. The van der Waals surface area contributed by atoms with Crippen molar-refractivity contribution in [2.24, 2.45) is 0 Å². The highest BCUT2D eigenvalue weighted by atomic mass is 19.4. The molecule has 1 aromatic rings. The molecular formula is C12H13F4NO. The van der Waals surface area contributed by atoms with E-state index in [0.717, 1.165) is 18.6 Å². The lowest BCUT2D eigenvalue weighted by Crippen LogP contribution is -2.26. The number of ether oxygens (including phenoxy) is 1. The molecule has 2 rings (SSSR count). The highest BCUT2D eigenvalue weighted by Crippen LogP contribution is 2.33. The maximum atomic E-state index is 13.1. The molecule has 6 heteroatoms. The highest BCUT2D eigenvalue weighted by Gasteiger charge is 2.34. The van der Waals surface area contributed by atoms with E-state index in [1.807, 2.05) is 6.92 Å². The fraction of sp³-hybridized carbons (Fsp3) is 0.500. The average molecular weight is 263 g/mol. The Bertz CT molecular complexity index is 433. The zero-order valence-electron chi connectivity index (χ0n) is 9.72. The molecule has 0 aliphatic carbocycles. The van der Waals surface area contributed by atoms with Crippen LogP contribution in [0.3, 0.4) is 0 Å². The molecule has 1 aliphatic heterocycles. The van der Waals surface area contributed by atoms with Crippen LogP contribution in [0, 0.1) is 5.82 Å². The minimum absolute atomic E-state index is 0.0449. The third kappa shape index (κ3) is 2.75. The number of alkyl halides is 3. The van der Waals surface area contributed by atoms with Gasteiger partial charge >= 0.3 is 6.18 Å². The molecule has 2 unspecified atom stereocenters. The molecule has 0 spiro atoms. The normalized spacial score (nSPS) is 24.3. The SMILES string of the molecule is CC1OCCC1Nc1ccc(F)c(C(F)(F)F)c1. The second-order valence-corrected chi connectivity index (χ2v) is 4.31. The van der Waals surface area contributed by atoms with Gasteiger partial charge in [0, 0.05) is 12.3 Å². The van der Waals surface area contributed by atoms with E-state index in [0.29, 0.717) is 6.61 Å². The molecule has 1 aromatic carbocycles. The first kappa shape index (κ1) is 13.1. The summed E-state index contributed by atoms with van der Waals surface area (Å²) in [5.41, 5.74) is -0.995. The van der Waals surface area contributed by atoms with Gasteiger partial charge in [-0.15, -0.1) is 0 Å². The maximum Gasteiger partial charge on any atom is 0.419 e. The molecule has 1 fully saturated rings. The Hall–Kier alpha value is -1.30. The highest BCUT2D eigenvalue weighted by molar-refractivity contribution is 5.48. The predicted molar refractivity (Wildman–Crippen MR) is 58.8 cm³/mol. The number of halogens is 4. The molecule has 18 heavy (non-hydrogen) atoms. The molecule has 0 radical (unpaired) electrons. The van der Waals surface area contributed by atoms with Gasteiger partial charge in [-0.3, -0.25) is 0 Å². The molecule has 1 saturated heterocycles. The van der Waals surface area contributed by atoms with Gasteiger partial charge in [0.1, 0.15) is 5.82 Å². The summed E-state index contributed by atoms with van der Waals surface area (Å²) in [6.45, 7) is 2.42. The number of hydrogen-bond acceptors (Lipinski definition) is 2. The molecule has 100 valence electrons. The lowest BCUT2D eigenvalue weighted by molar-refractivity contribution is -0.139. The van der Waals surface area contributed by atoms with Crippen LogP contribution in [0.15, 0.2) is 18.2 Å². The number of rotatable bonds is 2. The summed E-state index contributed by atoms with van der Waals surface area (Å²) in [5, 5.41) is 2.94. The predicted octanol–water partition coefficient (Wildman–Crippen LogP) is 3.43. The molecule has 0 bridgehead atoms. The fourth-order valence-corrected chi connectivity index (χ4v) is 1.97. The van der Waals surface area contributed by atoms with E-state index >= 15 is 0 Å². The van der Waals surface area contributed by atoms with Crippen LogP contribution in [-0.2, 0) is 10.9 Å². The van der Waals surface area contributed by atoms with Gasteiger partial charge in [-0.1, -0.05) is 0 Å². The average Bonchev–Trinajstić information content (AvgIpc) is 2.66. The fourth-order valence-electron chi connectivity index (χ4n) is 1.97. The standard InChI is InChI=1S/C12H13F4NO/c1-7-11(4-5-18-7)17-8-2-3-10(13)9(6-8)12(14,15)16/h2-3,6-7,11,17H,4-5H2,1H3. The Morgan fingerprint density at radius 2 is 2.06 bits per heavy atom. The van der Waals surface area contributed by atoms with Gasteiger partial charge in [-0.05, 0) is 31.5 Å². The molecule has 1 aliphatic rings. The molecule has 1 N–H and O–H groups in total. The second kappa shape index (κ2) is 4.76. The van der Waals surface area contributed by atoms with Gasteiger partial charge in [0.05, 0.1) is 17.7 Å². The van der Waals surface area contributed by atoms with Crippen molar-refractivity contribution in [2.75, 3.05) is 11.9 Å². The van der Waals surface area contributed by atoms with E-state index < -0.39 is 17.6 Å². The van der Waals surface area contributed by atoms with Gasteiger partial charge in [0.25, 0.3) is 0 Å². The Morgan fingerprint density at radius 1 is 1.33 bits per heavy atom. The van der Waals surface area contributed by atoms with Gasteiger partial charge in [0.15, 0.2) is 0 Å². The van der Waals surface area contributed by atoms with Crippen LogP contribution in [0.4, 0.5) is 23.2 Å². The smallest absolute Gasteiger partial charge is 0.380 e. The van der Waals surface area contributed by atoms with E-state index in [4.69, 9.17) is 4.74 Å². The van der Waals surface area contributed by atoms with Crippen LogP contribution < -0.4 is 5.32 Å². The third-order valence-corrected chi connectivity index (χ3v) is 3.00. The minimum atomic E-state index is -4.68. The Labute approximate surface area is 102 Å². The largest absolute Gasteiger partial charge is 0.419 e. The molecule has 2 nitrogen and oxygen atoms in total. The van der Waals surface area contributed by atoms with Crippen LogP contribution in [0.5, 0.6) is 0 Å². The quantitative estimate of drug-likeness (QED) is 0.825. The summed E-state index contributed by atoms with van der Waals surface area (Å²) in [6, 6.07) is 2.87. The van der Waals surface area contributed by atoms with E-state index in [9.17, 15) is 17.6 Å². The second-order valence-electron chi connectivity index (χ2n) is 4.31. The number of nitrogens with one attached hydrogen (secondary N) is 1. The Balaban J connectivity index is 2.19. The zero-order chi connectivity index (χ0) is 13.3. The zero-order valence-corrected chi connectivity index (χ0v) is 9.72. The van der Waals surface area contributed by atoms with Crippen molar-refractivity contribution in [3.8, 4) is 0 Å². The Morgan fingerprint density at radius 3 is 2.61 bits per heavy atom. The van der Waals surface area contributed by atoms with Crippen molar-refractivity contribution in [2.45, 2.75) is 31.7 Å². The van der Waals surface area contributed by atoms with Crippen molar-refractivity contribution in [1.82, 2.24) is 0 Å². The molecule has 0 aromatic heterocycles. The first-order valence-corrected chi connectivity index (χ1v) is 5.63. The molecule has 0 saturated carbocycles. The maximum absolute atomic E-state index is 13.1.